The molecule has 1 fully saturated rings. The van der Waals surface area contributed by atoms with Gasteiger partial charge < -0.3 is 15.5 Å². The fraction of sp³-hybridized carbons (Fsp3) is 0.727. The zero-order valence-electron chi connectivity index (χ0n) is 10.8. The number of rotatable bonds is 3. The van der Waals surface area contributed by atoms with Gasteiger partial charge in [-0.25, -0.2) is 0 Å². The lowest BCUT2D eigenvalue weighted by Gasteiger charge is -2.39. The molecule has 0 bridgehead atoms. The first-order chi connectivity index (χ1) is 8.67. The second kappa shape index (κ2) is 5.73. The van der Waals surface area contributed by atoms with Crippen LogP contribution >= 0.6 is 11.5 Å². The Morgan fingerprint density at radius 2 is 2.33 bits per heavy atom. The van der Waals surface area contributed by atoms with Crippen molar-refractivity contribution in [2.24, 2.45) is 5.73 Å². The van der Waals surface area contributed by atoms with Crippen molar-refractivity contribution in [1.82, 2.24) is 19.4 Å². The Morgan fingerprint density at radius 3 is 3.00 bits per heavy atom. The molecule has 0 saturated carbocycles. The molecule has 100 valence electrons. The molecule has 2 heterocycles. The van der Waals surface area contributed by atoms with E-state index in [1.807, 2.05) is 11.8 Å². The molecule has 6 nitrogen and oxygen atoms in total. The molecule has 1 aromatic heterocycles. The van der Waals surface area contributed by atoms with Crippen molar-refractivity contribution in [3.8, 4) is 0 Å². The number of aryl methyl sites for hydroxylation is 1. The van der Waals surface area contributed by atoms with Crippen LogP contribution in [0.3, 0.4) is 0 Å². The van der Waals surface area contributed by atoms with Crippen LogP contribution in [0.25, 0.3) is 0 Å². The highest BCUT2D eigenvalue weighted by molar-refractivity contribution is 7.08. The van der Waals surface area contributed by atoms with Crippen LogP contribution in [0, 0.1) is 0 Å². The average Bonchev–Trinajstić information content (AvgIpc) is 2.86. The standard InChI is InChI=1S/C11H19N5OS/c1-3-9-10(18-14-13-9)11(17)16-5-4-15(2)7-8(16)6-12/h8H,3-7,12H2,1-2H3. The smallest absolute Gasteiger partial charge is 0.267 e. The number of amides is 1. The largest absolute Gasteiger partial charge is 0.331 e. The van der Waals surface area contributed by atoms with E-state index < -0.39 is 0 Å². The van der Waals surface area contributed by atoms with Crippen molar-refractivity contribution in [2.75, 3.05) is 33.2 Å². The number of hydrogen-bond acceptors (Lipinski definition) is 6. The van der Waals surface area contributed by atoms with Crippen LogP contribution in [0.15, 0.2) is 0 Å². The first kappa shape index (κ1) is 13.4. The molecular formula is C11H19N5OS. The van der Waals surface area contributed by atoms with Gasteiger partial charge in [-0.15, -0.1) is 5.10 Å². The maximum Gasteiger partial charge on any atom is 0.267 e. The second-order valence-electron chi connectivity index (χ2n) is 4.55. The van der Waals surface area contributed by atoms with Gasteiger partial charge in [0.05, 0.1) is 11.7 Å². The summed E-state index contributed by atoms with van der Waals surface area (Å²) in [6.45, 7) is 4.91. The third kappa shape index (κ3) is 2.52. The van der Waals surface area contributed by atoms with Crippen molar-refractivity contribution >= 4 is 17.4 Å². The molecular weight excluding hydrogens is 250 g/mol. The zero-order valence-corrected chi connectivity index (χ0v) is 11.6. The second-order valence-corrected chi connectivity index (χ2v) is 5.31. The highest BCUT2D eigenvalue weighted by atomic mass is 32.1. The Balaban J connectivity index is 2.17. The normalized spacial score (nSPS) is 21.3. The molecule has 1 saturated heterocycles. The summed E-state index contributed by atoms with van der Waals surface area (Å²) in [6.07, 6.45) is 0.735. The van der Waals surface area contributed by atoms with Crippen LogP contribution in [0.4, 0.5) is 0 Å². The highest BCUT2D eigenvalue weighted by Crippen LogP contribution is 2.18. The zero-order chi connectivity index (χ0) is 13.1. The van der Waals surface area contributed by atoms with E-state index in [0.717, 1.165) is 31.7 Å². The SMILES string of the molecule is CCc1nnsc1C(=O)N1CCN(C)CC1CN. The minimum atomic E-state index is 0.0328. The van der Waals surface area contributed by atoms with Gasteiger partial charge in [0.2, 0.25) is 0 Å². The van der Waals surface area contributed by atoms with Crippen LogP contribution in [0.2, 0.25) is 0 Å². The Kier molecular flexibility index (Phi) is 4.26. The van der Waals surface area contributed by atoms with E-state index in [1.165, 1.54) is 11.5 Å². The first-order valence-electron chi connectivity index (χ1n) is 6.18. The average molecular weight is 269 g/mol. The summed E-state index contributed by atoms with van der Waals surface area (Å²) in [5.41, 5.74) is 6.56. The lowest BCUT2D eigenvalue weighted by molar-refractivity contribution is 0.0519. The molecule has 1 unspecified atom stereocenters. The molecule has 1 amide bonds. The monoisotopic (exact) mass is 269 g/mol. The summed E-state index contributed by atoms with van der Waals surface area (Å²) in [6, 6.07) is 0.0862. The quantitative estimate of drug-likeness (QED) is 0.823. The van der Waals surface area contributed by atoms with Gasteiger partial charge in [-0.1, -0.05) is 11.4 Å². The number of hydrogen-bond donors (Lipinski definition) is 1. The number of carbonyl (C=O) groups is 1. The predicted octanol–water partition coefficient (Wildman–Crippen LogP) is -0.185. The Labute approximate surface area is 111 Å². The third-order valence-corrected chi connectivity index (χ3v) is 4.06. The Bertz CT molecular complexity index is 421. The van der Waals surface area contributed by atoms with Gasteiger partial charge in [-0.05, 0) is 25.0 Å². The summed E-state index contributed by atoms with van der Waals surface area (Å²) in [4.78, 5) is 17.2. The molecule has 0 aromatic carbocycles. The summed E-state index contributed by atoms with van der Waals surface area (Å²) in [5.74, 6) is 0.0328. The summed E-state index contributed by atoms with van der Waals surface area (Å²) < 4.78 is 3.88. The molecule has 1 atom stereocenters. The number of carbonyl (C=O) groups excluding carboxylic acids is 1. The lowest BCUT2D eigenvalue weighted by atomic mass is 10.1. The summed E-state index contributed by atoms with van der Waals surface area (Å²) >= 11 is 1.18. The molecule has 1 aliphatic heterocycles. The van der Waals surface area contributed by atoms with Crippen LogP contribution < -0.4 is 5.73 Å². The van der Waals surface area contributed by atoms with E-state index in [-0.39, 0.29) is 11.9 Å². The van der Waals surface area contributed by atoms with Crippen molar-refractivity contribution in [2.45, 2.75) is 19.4 Å². The van der Waals surface area contributed by atoms with Crippen LogP contribution in [0.1, 0.15) is 22.3 Å². The topological polar surface area (TPSA) is 75.4 Å². The summed E-state index contributed by atoms with van der Waals surface area (Å²) in [5, 5.41) is 4.00. The fourth-order valence-electron chi connectivity index (χ4n) is 2.21. The van der Waals surface area contributed by atoms with E-state index in [4.69, 9.17) is 5.73 Å². The van der Waals surface area contributed by atoms with Gasteiger partial charge in [-0.3, -0.25) is 4.79 Å². The maximum atomic E-state index is 12.5. The van der Waals surface area contributed by atoms with E-state index in [1.54, 1.807) is 0 Å². The van der Waals surface area contributed by atoms with Crippen LogP contribution in [-0.2, 0) is 6.42 Å². The van der Waals surface area contributed by atoms with E-state index >= 15 is 0 Å². The van der Waals surface area contributed by atoms with Gasteiger partial charge >= 0.3 is 0 Å². The molecule has 1 aliphatic rings. The van der Waals surface area contributed by atoms with Gasteiger partial charge in [0.25, 0.3) is 5.91 Å². The first-order valence-corrected chi connectivity index (χ1v) is 6.95. The number of nitrogens with two attached hydrogens (primary N) is 1. The number of nitrogens with zero attached hydrogens (tertiary/aromatic N) is 4. The van der Waals surface area contributed by atoms with E-state index in [9.17, 15) is 4.79 Å². The molecule has 0 spiro atoms. The van der Waals surface area contributed by atoms with Gasteiger partial charge in [0.1, 0.15) is 4.88 Å². The van der Waals surface area contributed by atoms with Crippen molar-refractivity contribution in [1.29, 1.82) is 0 Å². The highest BCUT2D eigenvalue weighted by Gasteiger charge is 2.30. The number of aromatic nitrogens is 2. The van der Waals surface area contributed by atoms with Crippen LogP contribution in [-0.4, -0.2) is 64.6 Å². The van der Waals surface area contributed by atoms with Gasteiger partial charge in [0, 0.05) is 26.2 Å². The Hall–Kier alpha value is -1.05. The molecule has 1 aromatic rings. The lowest BCUT2D eigenvalue weighted by Crippen LogP contribution is -2.56. The Morgan fingerprint density at radius 1 is 1.56 bits per heavy atom. The third-order valence-electron chi connectivity index (χ3n) is 3.30. The van der Waals surface area contributed by atoms with E-state index in [0.29, 0.717) is 11.4 Å². The van der Waals surface area contributed by atoms with Crippen molar-refractivity contribution in [3.05, 3.63) is 10.6 Å². The van der Waals surface area contributed by atoms with E-state index in [2.05, 4.69) is 21.5 Å². The number of piperazine rings is 1. The number of likely N-dealkylation sites (N-methyl/N-ethyl adjacent to an activating group) is 1. The molecule has 2 rings (SSSR count). The molecule has 7 heteroatoms. The van der Waals surface area contributed by atoms with Crippen LogP contribution in [0.5, 0.6) is 0 Å². The minimum Gasteiger partial charge on any atom is -0.331 e. The van der Waals surface area contributed by atoms with Gasteiger partial charge in [-0.2, -0.15) is 0 Å². The van der Waals surface area contributed by atoms with Crippen molar-refractivity contribution < 1.29 is 4.79 Å². The maximum absolute atomic E-state index is 12.5. The molecule has 2 N–H and O–H groups in total. The fourth-order valence-corrected chi connectivity index (χ4v) is 2.92. The molecule has 18 heavy (non-hydrogen) atoms. The van der Waals surface area contributed by atoms with Gasteiger partial charge in [0.15, 0.2) is 0 Å². The summed E-state index contributed by atoms with van der Waals surface area (Å²) in [7, 11) is 2.05. The van der Waals surface area contributed by atoms with Crippen molar-refractivity contribution in [3.63, 3.8) is 0 Å². The molecule has 0 aliphatic carbocycles. The molecule has 0 radical (unpaired) electrons. The predicted molar refractivity (Wildman–Crippen MR) is 70.7 cm³/mol. The minimum absolute atomic E-state index is 0.0328.